The van der Waals surface area contributed by atoms with E-state index >= 15 is 0 Å². The first-order valence-corrected chi connectivity index (χ1v) is 6.12. The fourth-order valence-electron chi connectivity index (χ4n) is 1.39. The van der Waals surface area contributed by atoms with Crippen LogP contribution in [-0.4, -0.2) is 39.8 Å². The maximum Gasteiger partial charge on any atom is 0.254 e. The second-order valence-electron chi connectivity index (χ2n) is 3.49. The van der Waals surface area contributed by atoms with Crippen LogP contribution in [0.3, 0.4) is 0 Å². The first kappa shape index (κ1) is 11.4. The van der Waals surface area contributed by atoms with E-state index in [4.69, 9.17) is 11.6 Å². The molecule has 0 unspecified atom stereocenters. The van der Waals surface area contributed by atoms with Gasteiger partial charge in [0.15, 0.2) is 0 Å². The van der Waals surface area contributed by atoms with Crippen LogP contribution in [0.1, 0.15) is 5.56 Å². The van der Waals surface area contributed by atoms with Gasteiger partial charge in [0, 0.05) is 12.6 Å². The molecule has 0 aliphatic carbocycles. The molecule has 3 aromatic rings. The highest BCUT2D eigenvalue weighted by Gasteiger charge is 2.16. The van der Waals surface area contributed by atoms with E-state index in [0.29, 0.717) is 16.1 Å². The summed E-state index contributed by atoms with van der Waals surface area (Å²) >= 11 is 7.42. The van der Waals surface area contributed by atoms with Crippen molar-refractivity contribution in [3.63, 3.8) is 0 Å². The Balaban J connectivity index is 2.18. The molecule has 0 saturated heterocycles. The van der Waals surface area contributed by atoms with Crippen LogP contribution in [0.2, 0.25) is 5.15 Å². The lowest BCUT2D eigenvalue weighted by atomic mass is 10.4. The van der Waals surface area contributed by atoms with Crippen molar-refractivity contribution in [3.8, 4) is 0 Å². The molecule has 3 heterocycles. The molecule has 92 valence electrons. The van der Waals surface area contributed by atoms with Gasteiger partial charge in [0.2, 0.25) is 5.16 Å². The molecule has 0 bridgehead atoms. The van der Waals surface area contributed by atoms with E-state index in [1.54, 1.807) is 16.2 Å². The van der Waals surface area contributed by atoms with Crippen LogP contribution in [0.15, 0.2) is 16.5 Å². The molecular formula is C8H7ClN8S. The second kappa shape index (κ2) is 4.18. The van der Waals surface area contributed by atoms with E-state index < -0.39 is 0 Å². The largest absolute Gasteiger partial charge is 0.254 e. The number of hydrogen-bond acceptors (Lipinski definition) is 7. The Bertz CT molecular complexity index is 719. The molecule has 10 heteroatoms. The average molecular weight is 283 g/mol. The molecule has 0 aromatic carbocycles. The zero-order valence-electron chi connectivity index (χ0n) is 9.44. The highest BCUT2D eigenvalue weighted by atomic mass is 35.5. The third kappa shape index (κ3) is 1.71. The third-order valence-corrected chi connectivity index (χ3v) is 3.89. The van der Waals surface area contributed by atoms with Gasteiger partial charge in [0.25, 0.3) is 5.78 Å². The molecule has 8 nitrogen and oxygen atoms in total. The molecule has 0 aliphatic rings. The zero-order valence-corrected chi connectivity index (χ0v) is 11.0. The monoisotopic (exact) mass is 282 g/mol. The van der Waals surface area contributed by atoms with Gasteiger partial charge in [-0.25, -0.2) is 4.68 Å². The molecule has 0 amide bonds. The Kier molecular flexibility index (Phi) is 2.63. The van der Waals surface area contributed by atoms with Gasteiger partial charge in [-0.2, -0.15) is 19.6 Å². The van der Waals surface area contributed by atoms with E-state index in [9.17, 15) is 0 Å². The number of fused-ring (bicyclic) bond motifs is 1. The predicted molar refractivity (Wildman–Crippen MR) is 63.5 cm³/mol. The van der Waals surface area contributed by atoms with Crippen LogP contribution in [0.25, 0.3) is 5.78 Å². The van der Waals surface area contributed by atoms with Crippen molar-refractivity contribution in [3.05, 3.63) is 17.0 Å². The summed E-state index contributed by atoms with van der Waals surface area (Å²) < 4.78 is 3.18. The summed E-state index contributed by atoms with van der Waals surface area (Å²) in [4.78, 5) is 8.15. The first-order chi connectivity index (χ1) is 8.66. The minimum absolute atomic E-state index is 0.396. The number of tetrazole rings is 1. The molecule has 0 spiro atoms. The predicted octanol–water partition coefficient (Wildman–Crippen LogP) is 0.761. The zero-order chi connectivity index (χ0) is 12.7. The highest BCUT2D eigenvalue weighted by Crippen LogP contribution is 2.30. The number of aryl methyl sites for hydroxylation is 1. The highest BCUT2D eigenvalue weighted by molar-refractivity contribution is 7.99. The van der Waals surface area contributed by atoms with Gasteiger partial charge in [0.1, 0.15) is 16.5 Å². The lowest BCUT2D eigenvalue weighted by molar-refractivity contribution is 0.663. The molecule has 3 aromatic heterocycles. The molecule has 0 saturated carbocycles. The van der Waals surface area contributed by atoms with Gasteiger partial charge in [0.05, 0.1) is 0 Å². The molecule has 0 radical (unpaired) electrons. The van der Waals surface area contributed by atoms with Gasteiger partial charge in [-0.3, -0.25) is 0 Å². The standard InChI is InChI=1S/C8H7ClN8S/c1-4-5(9)12-7-10-3-11-17(7)6(4)18-8-13-14-15-16(8)2/h3H,1-2H3. The van der Waals surface area contributed by atoms with Gasteiger partial charge in [-0.1, -0.05) is 11.6 Å². The summed E-state index contributed by atoms with van der Waals surface area (Å²) in [6.07, 6.45) is 1.43. The van der Waals surface area contributed by atoms with Crippen molar-refractivity contribution in [1.29, 1.82) is 0 Å². The van der Waals surface area contributed by atoms with Crippen molar-refractivity contribution in [2.75, 3.05) is 0 Å². The van der Waals surface area contributed by atoms with Gasteiger partial charge >= 0.3 is 0 Å². The van der Waals surface area contributed by atoms with Crippen LogP contribution < -0.4 is 0 Å². The molecular weight excluding hydrogens is 276 g/mol. The molecule has 0 atom stereocenters. The summed E-state index contributed by atoms with van der Waals surface area (Å²) in [5.74, 6) is 0.447. The summed E-state index contributed by atoms with van der Waals surface area (Å²) in [5, 5.41) is 17.2. The molecule has 0 aliphatic heterocycles. The fraction of sp³-hybridized carbons (Fsp3) is 0.250. The molecule has 3 rings (SSSR count). The van der Waals surface area contributed by atoms with Crippen LogP contribution in [0.4, 0.5) is 0 Å². The van der Waals surface area contributed by atoms with E-state index in [1.807, 2.05) is 6.92 Å². The van der Waals surface area contributed by atoms with Gasteiger partial charge < -0.3 is 0 Å². The molecule has 0 N–H and O–H groups in total. The normalized spacial score (nSPS) is 11.3. The quantitative estimate of drug-likeness (QED) is 0.641. The Morgan fingerprint density at radius 1 is 1.39 bits per heavy atom. The third-order valence-electron chi connectivity index (χ3n) is 2.32. The first-order valence-electron chi connectivity index (χ1n) is 4.93. The Hall–Kier alpha value is -1.74. The van der Waals surface area contributed by atoms with Gasteiger partial charge in [-0.05, 0) is 29.1 Å². The summed E-state index contributed by atoms with van der Waals surface area (Å²) in [7, 11) is 1.76. The molecule has 0 fully saturated rings. The van der Waals surface area contributed by atoms with E-state index in [-0.39, 0.29) is 0 Å². The van der Waals surface area contributed by atoms with E-state index in [2.05, 4.69) is 30.6 Å². The number of halogens is 1. The maximum absolute atomic E-state index is 6.07. The van der Waals surface area contributed by atoms with Crippen molar-refractivity contribution in [1.82, 2.24) is 39.8 Å². The van der Waals surface area contributed by atoms with E-state index in [0.717, 1.165) is 10.6 Å². The maximum atomic E-state index is 6.07. The van der Waals surface area contributed by atoms with Gasteiger partial charge in [-0.15, -0.1) is 5.10 Å². The Morgan fingerprint density at radius 2 is 2.22 bits per heavy atom. The SMILES string of the molecule is Cc1c(Cl)nc2ncnn2c1Sc1nnnn1C. The molecule has 18 heavy (non-hydrogen) atoms. The second-order valence-corrected chi connectivity index (χ2v) is 4.81. The topological polar surface area (TPSA) is 86.7 Å². The fourth-order valence-corrected chi connectivity index (χ4v) is 2.49. The van der Waals surface area contributed by atoms with Crippen molar-refractivity contribution in [2.24, 2.45) is 7.05 Å². The Labute approximate surface area is 110 Å². The van der Waals surface area contributed by atoms with Crippen molar-refractivity contribution < 1.29 is 0 Å². The smallest absolute Gasteiger partial charge is 0.223 e. The van der Waals surface area contributed by atoms with Crippen LogP contribution in [0, 0.1) is 6.92 Å². The number of rotatable bonds is 2. The number of nitrogens with zero attached hydrogens (tertiary/aromatic N) is 8. The van der Waals surface area contributed by atoms with Crippen LogP contribution >= 0.6 is 23.4 Å². The van der Waals surface area contributed by atoms with Crippen LogP contribution in [0.5, 0.6) is 0 Å². The Morgan fingerprint density at radius 3 is 2.94 bits per heavy atom. The number of aromatic nitrogens is 8. The van der Waals surface area contributed by atoms with Crippen molar-refractivity contribution in [2.45, 2.75) is 17.1 Å². The van der Waals surface area contributed by atoms with Crippen molar-refractivity contribution >= 4 is 29.1 Å². The minimum atomic E-state index is 0.396. The summed E-state index contributed by atoms with van der Waals surface area (Å²) in [5.41, 5.74) is 0.808. The number of hydrogen-bond donors (Lipinski definition) is 0. The lowest BCUT2D eigenvalue weighted by Gasteiger charge is -2.07. The summed E-state index contributed by atoms with van der Waals surface area (Å²) in [6, 6.07) is 0. The lowest BCUT2D eigenvalue weighted by Crippen LogP contribution is -2.01. The van der Waals surface area contributed by atoms with E-state index in [1.165, 1.54) is 18.1 Å². The minimum Gasteiger partial charge on any atom is -0.223 e. The van der Waals surface area contributed by atoms with Crippen LogP contribution in [-0.2, 0) is 7.05 Å². The summed E-state index contributed by atoms with van der Waals surface area (Å²) in [6.45, 7) is 1.86. The average Bonchev–Trinajstić information content (AvgIpc) is 2.94.